The van der Waals surface area contributed by atoms with E-state index in [0.717, 1.165) is 0 Å². The first-order valence-corrected chi connectivity index (χ1v) is 2.75. The van der Waals surface area contributed by atoms with Crippen molar-refractivity contribution in [2.24, 2.45) is 0 Å². The van der Waals surface area contributed by atoms with Crippen LogP contribution in [0.4, 0.5) is 26.3 Å². The zero-order chi connectivity index (χ0) is 9.99. The van der Waals surface area contributed by atoms with Gasteiger partial charge in [-0.3, -0.25) is 0 Å². The first-order chi connectivity index (χ1) is 5.19. The minimum Gasteiger partial charge on any atom is -0.239 e. The molecule has 1 unspecified atom stereocenters. The van der Waals surface area contributed by atoms with Crippen LogP contribution in [0.1, 0.15) is 6.42 Å². The maximum absolute atomic E-state index is 12.1. The summed E-state index contributed by atoms with van der Waals surface area (Å²) in [5.41, 5.74) is 0. The van der Waals surface area contributed by atoms with Gasteiger partial charge in [-0.05, 0) is 5.92 Å². The van der Waals surface area contributed by atoms with Crippen LogP contribution in [0.3, 0.4) is 0 Å². The molecule has 0 aromatic heterocycles. The minimum atomic E-state index is -4.97. The van der Waals surface area contributed by atoms with E-state index in [1.807, 2.05) is 0 Å². The Kier molecular flexibility index (Phi) is 3.02. The van der Waals surface area contributed by atoms with Crippen LogP contribution < -0.4 is 0 Å². The van der Waals surface area contributed by atoms with Crippen molar-refractivity contribution in [1.29, 1.82) is 0 Å². The Balaban J connectivity index is 4.25. The molecule has 0 aromatic carbocycles. The van der Waals surface area contributed by atoms with Gasteiger partial charge in [-0.2, -0.15) is 22.0 Å². The normalized spacial score (nSPS) is 15.4. The molecule has 0 heterocycles. The van der Waals surface area contributed by atoms with E-state index in [1.165, 1.54) is 0 Å². The Bertz CT molecular complexity index is 185. The summed E-state index contributed by atoms with van der Waals surface area (Å²) < 4.78 is 70.0. The highest BCUT2D eigenvalue weighted by molar-refractivity contribution is 5.05. The molecule has 0 aliphatic carbocycles. The van der Waals surface area contributed by atoms with Crippen molar-refractivity contribution < 1.29 is 26.3 Å². The van der Waals surface area contributed by atoms with Crippen LogP contribution in [0.15, 0.2) is 0 Å². The zero-order valence-corrected chi connectivity index (χ0v) is 5.63. The van der Waals surface area contributed by atoms with E-state index < -0.39 is 24.7 Å². The summed E-state index contributed by atoms with van der Waals surface area (Å²) in [6.07, 6.45) is -6.46. The monoisotopic (exact) mass is 190 g/mol. The smallest absolute Gasteiger partial charge is 0.239 e. The third-order valence-electron chi connectivity index (χ3n) is 0.997. The van der Waals surface area contributed by atoms with Gasteiger partial charge in [0.05, 0.1) is 6.42 Å². The Morgan fingerprint density at radius 1 is 1.17 bits per heavy atom. The number of halogens is 6. The molecule has 70 valence electrons. The zero-order valence-electron chi connectivity index (χ0n) is 5.63. The number of hydrogen-bond acceptors (Lipinski definition) is 0. The SMILES string of the molecule is C#CC(F)(F)C(F)CC(F)(F)F. The fraction of sp³-hybridized carbons (Fsp3) is 0.667. The van der Waals surface area contributed by atoms with Gasteiger partial charge in [0.2, 0.25) is 0 Å². The molecule has 0 aliphatic rings. The van der Waals surface area contributed by atoms with Gasteiger partial charge >= 0.3 is 12.1 Å². The van der Waals surface area contributed by atoms with Gasteiger partial charge in [-0.25, -0.2) is 4.39 Å². The minimum absolute atomic E-state index is 0.655. The quantitative estimate of drug-likeness (QED) is 0.463. The van der Waals surface area contributed by atoms with E-state index in [1.54, 1.807) is 0 Å². The predicted molar refractivity (Wildman–Crippen MR) is 29.3 cm³/mol. The number of hydrogen-bond donors (Lipinski definition) is 0. The van der Waals surface area contributed by atoms with E-state index in [2.05, 4.69) is 6.42 Å². The molecule has 0 bridgehead atoms. The van der Waals surface area contributed by atoms with Crippen molar-refractivity contribution in [3.8, 4) is 12.3 Å². The lowest BCUT2D eigenvalue weighted by Gasteiger charge is -2.15. The molecule has 0 aromatic rings. The summed E-state index contributed by atoms with van der Waals surface area (Å²) >= 11 is 0. The Morgan fingerprint density at radius 3 is 1.83 bits per heavy atom. The lowest BCUT2D eigenvalue weighted by Crippen LogP contribution is -2.32. The number of terminal acetylenes is 1. The van der Waals surface area contributed by atoms with Crippen LogP contribution in [0.2, 0.25) is 0 Å². The van der Waals surface area contributed by atoms with Gasteiger partial charge in [0.15, 0.2) is 6.17 Å². The first-order valence-electron chi connectivity index (χ1n) is 2.75. The second kappa shape index (κ2) is 3.25. The molecule has 0 aliphatic heterocycles. The Labute approximate surface area is 64.6 Å². The Morgan fingerprint density at radius 2 is 1.58 bits per heavy atom. The van der Waals surface area contributed by atoms with Crippen LogP contribution >= 0.6 is 0 Å². The summed E-state index contributed by atoms with van der Waals surface area (Å²) in [6.45, 7) is 0. The van der Waals surface area contributed by atoms with Crippen LogP contribution in [-0.2, 0) is 0 Å². The molecule has 0 radical (unpaired) electrons. The molecule has 1 atom stereocenters. The topological polar surface area (TPSA) is 0 Å². The van der Waals surface area contributed by atoms with Gasteiger partial charge < -0.3 is 0 Å². The summed E-state index contributed by atoms with van der Waals surface area (Å²) in [6, 6.07) is 0. The van der Waals surface area contributed by atoms with Gasteiger partial charge in [0, 0.05) is 0 Å². The van der Waals surface area contributed by atoms with Crippen molar-refractivity contribution in [2.45, 2.75) is 24.7 Å². The molecule has 0 fully saturated rings. The maximum atomic E-state index is 12.1. The third-order valence-corrected chi connectivity index (χ3v) is 0.997. The summed E-state index contributed by atoms with van der Waals surface area (Å²) in [5.74, 6) is -3.70. The molecule has 12 heavy (non-hydrogen) atoms. The van der Waals surface area contributed by atoms with Gasteiger partial charge in [0.1, 0.15) is 0 Å². The third kappa shape index (κ3) is 3.51. The van der Waals surface area contributed by atoms with E-state index >= 15 is 0 Å². The van der Waals surface area contributed by atoms with E-state index in [0.29, 0.717) is 5.92 Å². The molecule has 6 heteroatoms. The standard InChI is InChI=1S/C6H4F6/c1-2-5(8,9)4(7)3-6(10,11)12/h1,4H,3H2. The molecule has 0 nitrogen and oxygen atoms in total. The van der Waals surface area contributed by atoms with Gasteiger partial charge in [-0.15, -0.1) is 6.42 Å². The van der Waals surface area contributed by atoms with E-state index in [-0.39, 0.29) is 0 Å². The molecule has 0 spiro atoms. The van der Waals surface area contributed by atoms with Crippen molar-refractivity contribution in [3.63, 3.8) is 0 Å². The average Bonchev–Trinajstić information content (AvgIpc) is 1.84. The molecule has 0 N–H and O–H groups in total. The predicted octanol–water partition coefficient (Wildman–Crippen LogP) is 2.55. The summed E-state index contributed by atoms with van der Waals surface area (Å²) in [7, 11) is 0. The van der Waals surface area contributed by atoms with Crippen molar-refractivity contribution in [3.05, 3.63) is 0 Å². The highest BCUT2D eigenvalue weighted by Gasteiger charge is 2.45. The Hall–Kier alpha value is -0.860. The largest absolute Gasteiger partial charge is 0.392 e. The lowest BCUT2D eigenvalue weighted by atomic mass is 10.1. The number of alkyl halides is 6. The van der Waals surface area contributed by atoms with Crippen LogP contribution in [-0.4, -0.2) is 18.3 Å². The molecule has 0 rings (SSSR count). The maximum Gasteiger partial charge on any atom is 0.392 e. The highest BCUT2D eigenvalue weighted by atomic mass is 19.4. The van der Waals surface area contributed by atoms with Crippen LogP contribution in [0.5, 0.6) is 0 Å². The lowest BCUT2D eigenvalue weighted by molar-refractivity contribution is -0.166. The molecule has 0 saturated carbocycles. The van der Waals surface area contributed by atoms with Crippen LogP contribution in [0, 0.1) is 12.3 Å². The average molecular weight is 190 g/mol. The van der Waals surface area contributed by atoms with E-state index in [4.69, 9.17) is 0 Å². The summed E-state index contributed by atoms with van der Waals surface area (Å²) in [5, 5.41) is 0. The van der Waals surface area contributed by atoms with Crippen LogP contribution in [0.25, 0.3) is 0 Å². The fourth-order valence-corrected chi connectivity index (χ4v) is 0.422. The van der Waals surface area contributed by atoms with Crippen molar-refractivity contribution in [2.75, 3.05) is 0 Å². The first kappa shape index (κ1) is 11.1. The fourth-order valence-electron chi connectivity index (χ4n) is 0.422. The second-order valence-corrected chi connectivity index (χ2v) is 2.05. The number of rotatable bonds is 2. The van der Waals surface area contributed by atoms with Crippen molar-refractivity contribution >= 4 is 0 Å². The molecular formula is C6H4F6. The summed E-state index contributed by atoms with van der Waals surface area (Å²) in [4.78, 5) is 0. The van der Waals surface area contributed by atoms with Gasteiger partial charge in [0.25, 0.3) is 0 Å². The highest BCUT2D eigenvalue weighted by Crippen LogP contribution is 2.31. The van der Waals surface area contributed by atoms with Gasteiger partial charge in [-0.1, -0.05) is 0 Å². The molecule has 0 amide bonds. The van der Waals surface area contributed by atoms with Crippen molar-refractivity contribution in [1.82, 2.24) is 0 Å². The van der Waals surface area contributed by atoms with E-state index in [9.17, 15) is 26.3 Å². The molecule has 0 saturated heterocycles. The second-order valence-electron chi connectivity index (χ2n) is 2.05. The molecular weight excluding hydrogens is 186 g/mol.